The van der Waals surface area contributed by atoms with Crippen molar-refractivity contribution in [1.29, 1.82) is 0 Å². The lowest BCUT2D eigenvalue weighted by Crippen LogP contribution is -2.20. The van der Waals surface area contributed by atoms with Crippen molar-refractivity contribution in [3.05, 3.63) is 29.4 Å². The zero-order valence-corrected chi connectivity index (χ0v) is 15.5. The first kappa shape index (κ1) is 18.6. The SMILES string of the molecule is CCOC(C)n1cc(-c2ccn3nc(Br)nc3c2OCC(F)(F)F)cn1. The molecule has 0 fully saturated rings. The summed E-state index contributed by atoms with van der Waals surface area (Å²) < 4.78 is 51.7. The molecule has 7 nitrogen and oxygen atoms in total. The lowest BCUT2D eigenvalue weighted by Gasteiger charge is -2.13. The lowest BCUT2D eigenvalue weighted by molar-refractivity contribution is -0.153. The van der Waals surface area contributed by atoms with Crippen molar-refractivity contribution in [3.8, 4) is 16.9 Å². The second-order valence-electron chi connectivity index (χ2n) is 5.38. The van der Waals surface area contributed by atoms with E-state index in [-0.39, 0.29) is 22.4 Å². The molecule has 3 aromatic rings. The van der Waals surface area contributed by atoms with Crippen LogP contribution in [0.2, 0.25) is 0 Å². The van der Waals surface area contributed by atoms with Crippen LogP contribution in [0.1, 0.15) is 20.1 Å². The summed E-state index contributed by atoms with van der Waals surface area (Å²) in [6.07, 6.45) is 0.0196. The minimum absolute atomic E-state index is 0.0216. The largest absolute Gasteiger partial charge is 0.479 e. The van der Waals surface area contributed by atoms with E-state index in [1.54, 1.807) is 23.1 Å². The number of rotatable bonds is 6. The van der Waals surface area contributed by atoms with Crippen LogP contribution in [0.15, 0.2) is 29.4 Å². The Labute approximate surface area is 154 Å². The minimum Gasteiger partial charge on any atom is -0.479 e. The number of nitrogens with zero attached hydrogens (tertiary/aromatic N) is 5. The molecule has 1 unspecified atom stereocenters. The van der Waals surface area contributed by atoms with Gasteiger partial charge in [-0.3, -0.25) is 0 Å². The van der Waals surface area contributed by atoms with Crippen LogP contribution in [0.5, 0.6) is 5.75 Å². The topological polar surface area (TPSA) is 66.5 Å². The van der Waals surface area contributed by atoms with E-state index in [0.29, 0.717) is 17.7 Å². The van der Waals surface area contributed by atoms with Crippen LogP contribution in [0.4, 0.5) is 13.2 Å². The normalized spacial score (nSPS) is 13.3. The van der Waals surface area contributed by atoms with E-state index >= 15 is 0 Å². The first-order chi connectivity index (χ1) is 12.3. The van der Waals surface area contributed by atoms with E-state index in [2.05, 4.69) is 31.1 Å². The molecule has 0 aromatic carbocycles. The number of pyridine rings is 1. The fourth-order valence-corrected chi connectivity index (χ4v) is 2.75. The van der Waals surface area contributed by atoms with Crippen LogP contribution in [-0.2, 0) is 4.74 Å². The minimum atomic E-state index is -4.48. The van der Waals surface area contributed by atoms with Crippen molar-refractivity contribution in [3.63, 3.8) is 0 Å². The van der Waals surface area contributed by atoms with Crippen LogP contribution in [0.3, 0.4) is 0 Å². The van der Waals surface area contributed by atoms with Gasteiger partial charge in [0.2, 0.25) is 4.73 Å². The Hall–Kier alpha value is -2.14. The van der Waals surface area contributed by atoms with Crippen LogP contribution in [-0.4, -0.2) is 43.8 Å². The molecular weight excluding hydrogens is 419 g/mol. The van der Waals surface area contributed by atoms with Crippen molar-refractivity contribution in [2.75, 3.05) is 13.2 Å². The second kappa shape index (κ2) is 7.23. The molecule has 0 aliphatic heterocycles. The van der Waals surface area contributed by atoms with E-state index in [9.17, 15) is 13.2 Å². The molecule has 11 heteroatoms. The molecule has 0 saturated heterocycles. The van der Waals surface area contributed by atoms with E-state index < -0.39 is 12.8 Å². The zero-order valence-electron chi connectivity index (χ0n) is 13.9. The van der Waals surface area contributed by atoms with Gasteiger partial charge in [-0.1, -0.05) is 0 Å². The number of alkyl halides is 3. The average Bonchev–Trinajstić information content (AvgIpc) is 3.17. The maximum atomic E-state index is 12.7. The molecule has 140 valence electrons. The number of fused-ring (bicyclic) bond motifs is 1. The van der Waals surface area contributed by atoms with Gasteiger partial charge >= 0.3 is 6.18 Å². The summed E-state index contributed by atoms with van der Waals surface area (Å²) in [5.74, 6) is -0.0216. The highest BCUT2D eigenvalue weighted by atomic mass is 79.9. The molecule has 0 bridgehead atoms. The van der Waals surface area contributed by atoms with Gasteiger partial charge in [-0.15, -0.1) is 5.10 Å². The van der Waals surface area contributed by atoms with Gasteiger partial charge in [0.05, 0.1) is 6.20 Å². The fourth-order valence-electron chi connectivity index (χ4n) is 2.41. The summed E-state index contributed by atoms with van der Waals surface area (Å²) in [5.41, 5.74) is 1.18. The molecule has 3 aromatic heterocycles. The van der Waals surface area contributed by atoms with Gasteiger partial charge in [-0.2, -0.15) is 23.3 Å². The third-order valence-electron chi connectivity index (χ3n) is 3.51. The third-order valence-corrected chi connectivity index (χ3v) is 3.84. The Kier molecular flexibility index (Phi) is 5.19. The van der Waals surface area contributed by atoms with Crippen molar-refractivity contribution in [1.82, 2.24) is 24.4 Å². The summed E-state index contributed by atoms with van der Waals surface area (Å²) in [5, 5.41) is 8.24. The highest BCUT2D eigenvalue weighted by Crippen LogP contribution is 2.35. The zero-order chi connectivity index (χ0) is 18.9. The van der Waals surface area contributed by atoms with Gasteiger partial charge in [0.25, 0.3) is 0 Å². The van der Waals surface area contributed by atoms with Crippen molar-refractivity contribution in [2.45, 2.75) is 26.3 Å². The number of halogens is 4. The molecule has 3 rings (SSSR count). The Morgan fingerprint density at radius 3 is 2.81 bits per heavy atom. The highest BCUT2D eigenvalue weighted by molar-refractivity contribution is 9.10. The van der Waals surface area contributed by atoms with Crippen LogP contribution < -0.4 is 4.74 Å². The molecule has 3 heterocycles. The number of ether oxygens (including phenoxy) is 2. The molecule has 0 amide bonds. The standard InChI is InChI=1S/C15H15BrF3N5O2/c1-3-25-9(2)24-7-10(6-20-24)11-4-5-23-13(21-14(16)22-23)12(11)26-8-15(17,18)19/h4-7,9H,3,8H2,1-2H3. The molecule has 0 aliphatic carbocycles. The first-order valence-electron chi connectivity index (χ1n) is 7.69. The summed E-state index contributed by atoms with van der Waals surface area (Å²) >= 11 is 3.12. The highest BCUT2D eigenvalue weighted by Gasteiger charge is 2.30. The molecule has 0 saturated carbocycles. The fraction of sp³-hybridized carbons (Fsp3) is 0.400. The van der Waals surface area contributed by atoms with Gasteiger partial charge in [0.15, 0.2) is 18.0 Å². The molecule has 0 radical (unpaired) electrons. The van der Waals surface area contributed by atoms with E-state index in [4.69, 9.17) is 9.47 Å². The van der Waals surface area contributed by atoms with E-state index in [1.807, 2.05) is 13.8 Å². The van der Waals surface area contributed by atoms with Crippen LogP contribution >= 0.6 is 15.9 Å². The summed E-state index contributed by atoms with van der Waals surface area (Å²) in [7, 11) is 0. The Morgan fingerprint density at radius 1 is 1.35 bits per heavy atom. The van der Waals surface area contributed by atoms with Crippen LogP contribution in [0, 0.1) is 0 Å². The monoisotopic (exact) mass is 433 g/mol. The predicted molar refractivity (Wildman–Crippen MR) is 89.8 cm³/mol. The number of aromatic nitrogens is 5. The second-order valence-corrected chi connectivity index (χ2v) is 6.08. The van der Waals surface area contributed by atoms with Gasteiger partial charge in [-0.25, -0.2) is 9.20 Å². The molecule has 0 N–H and O–H groups in total. The van der Waals surface area contributed by atoms with Gasteiger partial charge in [-0.05, 0) is 35.8 Å². The Morgan fingerprint density at radius 2 is 2.12 bits per heavy atom. The van der Waals surface area contributed by atoms with E-state index in [0.717, 1.165) is 0 Å². The van der Waals surface area contributed by atoms with Gasteiger partial charge in [0.1, 0.15) is 6.23 Å². The summed E-state index contributed by atoms with van der Waals surface area (Å²) in [6, 6.07) is 1.60. The molecular formula is C15H15BrF3N5O2. The van der Waals surface area contributed by atoms with Gasteiger partial charge < -0.3 is 9.47 Å². The quantitative estimate of drug-likeness (QED) is 0.590. The number of hydrogen-bond donors (Lipinski definition) is 0. The van der Waals surface area contributed by atoms with Crippen molar-refractivity contribution < 1.29 is 22.6 Å². The first-order valence-corrected chi connectivity index (χ1v) is 8.48. The molecule has 1 atom stereocenters. The summed E-state index contributed by atoms with van der Waals surface area (Å²) in [6.45, 7) is 2.75. The smallest absolute Gasteiger partial charge is 0.422 e. The maximum absolute atomic E-state index is 12.7. The number of hydrogen-bond acceptors (Lipinski definition) is 5. The van der Waals surface area contributed by atoms with E-state index in [1.165, 1.54) is 10.7 Å². The molecule has 0 spiro atoms. The summed E-state index contributed by atoms with van der Waals surface area (Å²) in [4.78, 5) is 4.10. The lowest BCUT2D eigenvalue weighted by atomic mass is 10.1. The molecule has 26 heavy (non-hydrogen) atoms. The Bertz CT molecular complexity index is 908. The van der Waals surface area contributed by atoms with Crippen molar-refractivity contribution >= 4 is 21.6 Å². The average molecular weight is 434 g/mol. The third kappa shape index (κ3) is 3.98. The predicted octanol–water partition coefficient (Wildman–Crippen LogP) is 3.85. The molecule has 0 aliphatic rings. The Balaban J connectivity index is 2.04. The maximum Gasteiger partial charge on any atom is 0.422 e. The van der Waals surface area contributed by atoms with Crippen LogP contribution in [0.25, 0.3) is 16.8 Å². The van der Waals surface area contributed by atoms with Crippen molar-refractivity contribution in [2.24, 2.45) is 0 Å². The van der Waals surface area contributed by atoms with Gasteiger partial charge in [0, 0.05) is 30.1 Å².